The molecule has 0 heterocycles. The third-order valence-electron chi connectivity index (χ3n) is 5.30. The molecule has 0 aliphatic carbocycles. The minimum Gasteiger partial charge on any atom is -0.321 e. The normalized spacial score (nSPS) is 11.4. The lowest BCUT2D eigenvalue weighted by molar-refractivity contribution is -0.137. The maximum atomic E-state index is 12.9. The minimum atomic E-state index is -4.54. The van der Waals surface area contributed by atoms with E-state index in [9.17, 15) is 23.2 Å². The van der Waals surface area contributed by atoms with Gasteiger partial charge in [-0.1, -0.05) is 54.6 Å². The average Bonchev–Trinajstić information content (AvgIpc) is 2.89. The van der Waals surface area contributed by atoms with Crippen LogP contribution in [0.25, 0.3) is 6.08 Å². The van der Waals surface area contributed by atoms with Gasteiger partial charge in [0, 0.05) is 22.7 Å². The van der Waals surface area contributed by atoms with Gasteiger partial charge in [-0.2, -0.15) is 18.4 Å². The molecule has 4 nitrogen and oxygen atoms in total. The summed E-state index contributed by atoms with van der Waals surface area (Å²) >= 11 is 0. The fourth-order valence-electron chi connectivity index (χ4n) is 3.61. The first-order valence-electron chi connectivity index (χ1n) is 11.0. The van der Waals surface area contributed by atoms with E-state index >= 15 is 0 Å². The van der Waals surface area contributed by atoms with Crippen LogP contribution < -0.4 is 10.2 Å². The summed E-state index contributed by atoms with van der Waals surface area (Å²) in [4.78, 5) is 14.6. The number of para-hydroxylation sites is 2. The van der Waals surface area contributed by atoms with Gasteiger partial charge >= 0.3 is 6.18 Å². The van der Waals surface area contributed by atoms with E-state index in [0.717, 1.165) is 29.2 Å². The second-order valence-electron chi connectivity index (χ2n) is 7.80. The molecule has 178 valence electrons. The molecule has 0 atom stereocenters. The zero-order chi connectivity index (χ0) is 25.5. The summed E-state index contributed by atoms with van der Waals surface area (Å²) in [6.07, 6.45) is -3.15. The summed E-state index contributed by atoms with van der Waals surface area (Å²) in [5.41, 5.74) is 2.22. The molecule has 1 amide bonds. The lowest BCUT2D eigenvalue weighted by atomic mass is 10.1. The number of halogens is 3. The maximum Gasteiger partial charge on any atom is 0.416 e. The van der Waals surface area contributed by atoms with Crippen LogP contribution in [0.2, 0.25) is 0 Å². The van der Waals surface area contributed by atoms with Crippen molar-refractivity contribution >= 4 is 34.7 Å². The Morgan fingerprint density at radius 3 is 1.86 bits per heavy atom. The van der Waals surface area contributed by atoms with Crippen LogP contribution in [-0.4, -0.2) is 5.91 Å². The number of hydrogen-bond acceptors (Lipinski definition) is 3. The van der Waals surface area contributed by atoms with Crippen LogP contribution in [-0.2, 0) is 11.0 Å². The molecule has 0 aliphatic heterocycles. The molecule has 0 fully saturated rings. The molecule has 4 aromatic rings. The number of nitrogens with one attached hydrogen (secondary N) is 1. The standard InChI is InChI=1S/C29H20F3N3O/c30-29(31,32)23-8-7-9-24(19-23)34-28(36)22(20-33)18-21-14-16-27(17-15-21)35(25-10-3-1-4-11-25)26-12-5-2-6-13-26/h1-19H,(H,34,36). The van der Waals surface area contributed by atoms with Crippen LogP contribution >= 0.6 is 0 Å². The highest BCUT2D eigenvalue weighted by molar-refractivity contribution is 6.09. The number of hydrogen-bond donors (Lipinski definition) is 1. The summed E-state index contributed by atoms with van der Waals surface area (Å²) in [6.45, 7) is 0. The zero-order valence-corrected chi connectivity index (χ0v) is 18.9. The molecular formula is C29H20F3N3O. The Bertz CT molecular complexity index is 1370. The molecule has 4 aromatic carbocycles. The summed E-state index contributed by atoms with van der Waals surface area (Å²) in [5.74, 6) is -0.795. The van der Waals surface area contributed by atoms with Crippen molar-refractivity contribution in [1.29, 1.82) is 5.26 Å². The molecule has 0 saturated carbocycles. The van der Waals surface area contributed by atoms with Crippen LogP contribution in [0.4, 0.5) is 35.9 Å². The Morgan fingerprint density at radius 1 is 0.778 bits per heavy atom. The van der Waals surface area contributed by atoms with Crippen molar-refractivity contribution in [3.05, 3.63) is 126 Å². The van der Waals surface area contributed by atoms with E-state index in [1.807, 2.05) is 78.9 Å². The van der Waals surface area contributed by atoms with E-state index in [1.165, 1.54) is 18.2 Å². The Hall–Kier alpha value is -4.83. The van der Waals surface area contributed by atoms with Gasteiger partial charge in [-0.25, -0.2) is 0 Å². The monoisotopic (exact) mass is 483 g/mol. The Kier molecular flexibility index (Phi) is 7.17. The van der Waals surface area contributed by atoms with Crippen molar-refractivity contribution in [3.8, 4) is 6.07 Å². The second kappa shape index (κ2) is 10.6. The number of carbonyl (C=O) groups excluding carboxylic acids is 1. The van der Waals surface area contributed by atoms with E-state index in [0.29, 0.717) is 5.56 Å². The van der Waals surface area contributed by atoms with E-state index in [4.69, 9.17) is 0 Å². The summed E-state index contributed by atoms with van der Waals surface area (Å²) in [7, 11) is 0. The highest BCUT2D eigenvalue weighted by Crippen LogP contribution is 2.34. The average molecular weight is 483 g/mol. The van der Waals surface area contributed by atoms with E-state index in [2.05, 4.69) is 10.2 Å². The topological polar surface area (TPSA) is 56.1 Å². The van der Waals surface area contributed by atoms with Gasteiger partial charge < -0.3 is 10.2 Å². The van der Waals surface area contributed by atoms with Gasteiger partial charge in [0.15, 0.2) is 0 Å². The number of carbonyl (C=O) groups is 1. The molecule has 0 bridgehead atoms. The quantitative estimate of drug-likeness (QED) is 0.226. The van der Waals surface area contributed by atoms with Gasteiger partial charge in [0.05, 0.1) is 5.56 Å². The first-order chi connectivity index (χ1) is 17.3. The molecule has 0 aromatic heterocycles. The van der Waals surface area contributed by atoms with Gasteiger partial charge in [0.25, 0.3) is 5.91 Å². The minimum absolute atomic E-state index is 0.0484. The molecule has 0 spiro atoms. The zero-order valence-electron chi connectivity index (χ0n) is 18.9. The van der Waals surface area contributed by atoms with E-state index in [1.54, 1.807) is 12.1 Å². The molecule has 0 aliphatic rings. The van der Waals surface area contributed by atoms with Crippen molar-refractivity contribution in [1.82, 2.24) is 0 Å². The van der Waals surface area contributed by atoms with E-state index < -0.39 is 17.6 Å². The maximum absolute atomic E-state index is 12.9. The fraction of sp³-hybridized carbons (Fsp3) is 0.0345. The number of rotatable bonds is 6. The number of amides is 1. The molecule has 7 heteroatoms. The largest absolute Gasteiger partial charge is 0.416 e. The molecule has 36 heavy (non-hydrogen) atoms. The van der Waals surface area contributed by atoms with Crippen molar-refractivity contribution in [3.63, 3.8) is 0 Å². The Labute approximate surface area is 206 Å². The highest BCUT2D eigenvalue weighted by atomic mass is 19.4. The lowest BCUT2D eigenvalue weighted by Crippen LogP contribution is -2.14. The molecule has 0 unspecified atom stereocenters. The first kappa shape index (κ1) is 24.3. The molecule has 0 radical (unpaired) electrons. The van der Waals surface area contributed by atoms with Gasteiger partial charge in [0.1, 0.15) is 11.6 Å². The number of benzene rings is 4. The third kappa shape index (κ3) is 5.80. The summed E-state index contributed by atoms with van der Waals surface area (Å²) in [5, 5.41) is 11.9. The summed E-state index contributed by atoms with van der Waals surface area (Å²) in [6, 6.07) is 33.0. The van der Waals surface area contributed by atoms with Gasteiger partial charge in [-0.15, -0.1) is 0 Å². The van der Waals surface area contributed by atoms with Gasteiger partial charge in [-0.05, 0) is 66.2 Å². The highest BCUT2D eigenvalue weighted by Gasteiger charge is 2.30. The number of nitriles is 1. The first-order valence-corrected chi connectivity index (χ1v) is 11.0. The molecule has 4 rings (SSSR count). The molecule has 1 N–H and O–H groups in total. The predicted octanol–water partition coefficient (Wildman–Crippen LogP) is 7.72. The van der Waals surface area contributed by atoms with Crippen molar-refractivity contribution in [2.75, 3.05) is 10.2 Å². The van der Waals surface area contributed by atoms with Gasteiger partial charge in [0.2, 0.25) is 0 Å². The van der Waals surface area contributed by atoms with Crippen molar-refractivity contribution in [2.45, 2.75) is 6.18 Å². The van der Waals surface area contributed by atoms with Crippen molar-refractivity contribution in [2.24, 2.45) is 0 Å². The Balaban J connectivity index is 1.58. The number of alkyl halides is 3. The van der Waals surface area contributed by atoms with Crippen LogP contribution in [0.3, 0.4) is 0 Å². The lowest BCUT2D eigenvalue weighted by Gasteiger charge is -2.25. The molecule has 0 saturated heterocycles. The smallest absolute Gasteiger partial charge is 0.321 e. The predicted molar refractivity (Wildman–Crippen MR) is 135 cm³/mol. The fourth-order valence-corrected chi connectivity index (χ4v) is 3.61. The molecular weight excluding hydrogens is 463 g/mol. The SMILES string of the molecule is N#CC(=Cc1ccc(N(c2ccccc2)c2ccccc2)cc1)C(=O)Nc1cccc(C(F)(F)F)c1. The number of anilines is 4. The van der Waals surface area contributed by atoms with Crippen LogP contribution in [0.15, 0.2) is 115 Å². The van der Waals surface area contributed by atoms with Crippen LogP contribution in [0.1, 0.15) is 11.1 Å². The second-order valence-corrected chi connectivity index (χ2v) is 7.80. The third-order valence-corrected chi connectivity index (χ3v) is 5.30. The van der Waals surface area contributed by atoms with E-state index in [-0.39, 0.29) is 11.3 Å². The number of nitrogens with zero attached hydrogens (tertiary/aromatic N) is 2. The van der Waals surface area contributed by atoms with Crippen LogP contribution in [0.5, 0.6) is 0 Å². The summed E-state index contributed by atoms with van der Waals surface area (Å²) < 4.78 is 38.8. The van der Waals surface area contributed by atoms with Crippen molar-refractivity contribution < 1.29 is 18.0 Å². The van der Waals surface area contributed by atoms with Gasteiger partial charge in [-0.3, -0.25) is 4.79 Å². The Morgan fingerprint density at radius 2 is 1.33 bits per heavy atom. The van der Waals surface area contributed by atoms with Crippen LogP contribution in [0, 0.1) is 11.3 Å².